The molecular formula is C21H22N4O2. The largest absolute Gasteiger partial charge is 0.348 e. The van der Waals surface area contributed by atoms with E-state index >= 15 is 0 Å². The number of fused-ring (bicyclic) bond motifs is 1. The lowest BCUT2D eigenvalue weighted by Crippen LogP contribution is -2.33. The number of rotatable bonds is 5. The van der Waals surface area contributed by atoms with Crippen LogP contribution in [0.1, 0.15) is 52.4 Å². The molecule has 0 aliphatic heterocycles. The maximum absolute atomic E-state index is 12.7. The van der Waals surface area contributed by atoms with Crippen molar-refractivity contribution in [2.75, 3.05) is 0 Å². The van der Waals surface area contributed by atoms with Gasteiger partial charge in [-0.3, -0.25) is 14.0 Å². The van der Waals surface area contributed by atoms with Crippen molar-refractivity contribution in [2.24, 2.45) is 0 Å². The Kier molecular flexibility index (Phi) is 4.87. The Morgan fingerprint density at radius 2 is 1.74 bits per heavy atom. The van der Waals surface area contributed by atoms with Gasteiger partial charge in [0.05, 0.1) is 5.52 Å². The van der Waals surface area contributed by atoms with Crippen LogP contribution in [0.3, 0.4) is 0 Å². The molecule has 2 N–H and O–H groups in total. The number of amides is 2. The smallest absolute Gasteiger partial charge is 0.287 e. The van der Waals surface area contributed by atoms with Gasteiger partial charge in [0.1, 0.15) is 0 Å². The maximum Gasteiger partial charge on any atom is 0.287 e. The third kappa shape index (κ3) is 3.69. The second-order valence-corrected chi connectivity index (χ2v) is 6.86. The molecule has 3 aromatic rings. The van der Waals surface area contributed by atoms with Crippen LogP contribution in [0.2, 0.25) is 0 Å². The van der Waals surface area contributed by atoms with Gasteiger partial charge in [0.15, 0.2) is 5.69 Å². The highest BCUT2D eigenvalue weighted by Crippen LogP contribution is 2.19. The molecule has 1 aliphatic carbocycles. The van der Waals surface area contributed by atoms with Gasteiger partial charge in [-0.1, -0.05) is 49.2 Å². The summed E-state index contributed by atoms with van der Waals surface area (Å²) in [5.41, 5.74) is 1.94. The van der Waals surface area contributed by atoms with E-state index in [1.807, 2.05) is 48.5 Å². The number of benzene rings is 1. The van der Waals surface area contributed by atoms with E-state index in [0.29, 0.717) is 17.8 Å². The van der Waals surface area contributed by atoms with Crippen LogP contribution in [0.15, 0.2) is 54.7 Å². The van der Waals surface area contributed by atoms with Crippen LogP contribution in [0.25, 0.3) is 5.52 Å². The van der Waals surface area contributed by atoms with E-state index in [9.17, 15) is 9.59 Å². The predicted molar refractivity (Wildman–Crippen MR) is 103 cm³/mol. The number of hydrogen-bond acceptors (Lipinski definition) is 3. The quantitative estimate of drug-likeness (QED) is 0.733. The molecule has 138 valence electrons. The van der Waals surface area contributed by atoms with Crippen molar-refractivity contribution in [2.45, 2.75) is 38.3 Å². The van der Waals surface area contributed by atoms with Crippen LogP contribution in [0, 0.1) is 0 Å². The summed E-state index contributed by atoms with van der Waals surface area (Å²) in [6.45, 7) is 0.408. The van der Waals surface area contributed by atoms with Crippen LogP contribution < -0.4 is 10.6 Å². The fourth-order valence-corrected chi connectivity index (χ4v) is 3.55. The number of aromatic nitrogens is 2. The Bertz CT molecular complexity index is 959. The Hall–Kier alpha value is -3.15. The van der Waals surface area contributed by atoms with E-state index in [4.69, 9.17) is 0 Å². The lowest BCUT2D eigenvalue weighted by Gasteiger charge is -2.10. The standard InChI is InChI=1S/C21H22N4O2/c26-20(23-16-10-4-5-11-16)18-17-12-6-7-13-25(17)19(24-18)21(27)22-14-15-8-2-1-3-9-15/h1-3,6-9,12-13,16H,4-5,10-11,14H2,(H,22,27)(H,23,26). The van der Waals surface area contributed by atoms with Crippen LogP contribution >= 0.6 is 0 Å². The van der Waals surface area contributed by atoms with Crippen LogP contribution in [-0.4, -0.2) is 27.2 Å². The fourth-order valence-electron chi connectivity index (χ4n) is 3.55. The van der Waals surface area contributed by atoms with E-state index < -0.39 is 0 Å². The number of imidazole rings is 1. The molecule has 27 heavy (non-hydrogen) atoms. The molecule has 0 saturated heterocycles. The van der Waals surface area contributed by atoms with Gasteiger partial charge in [-0.25, -0.2) is 4.98 Å². The molecule has 0 atom stereocenters. The van der Waals surface area contributed by atoms with Crippen molar-refractivity contribution in [3.63, 3.8) is 0 Å². The van der Waals surface area contributed by atoms with Gasteiger partial charge >= 0.3 is 0 Å². The third-order valence-corrected chi connectivity index (χ3v) is 4.95. The zero-order chi connectivity index (χ0) is 18.6. The zero-order valence-corrected chi connectivity index (χ0v) is 15.0. The second-order valence-electron chi connectivity index (χ2n) is 6.86. The van der Waals surface area contributed by atoms with Crippen molar-refractivity contribution in [3.05, 3.63) is 71.8 Å². The molecular weight excluding hydrogens is 340 g/mol. The summed E-state index contributed by atoms with van der Waals surface area (Å²) < 4.78 is 1.67. The van der Waals surface area contributed by atoms with E-state index in [1.165, 1.54) is 0 Å². The zero-order valence-electron chi connectivity index (χ0n) is 15.0. The Morgan fingerprint density at radius 3 is 2.52 bits per heavy atom. The first-order valence-corrected chi connectivity index (χ1v) is 9.32. The topological polar surface area (TPSA) is 75.5 Å². The van der Waals surface area contributed by atoms with Crippen molar-refractivity contribution in [3.8, 4) is 0 Å². The van der Waals surface area contributed by atoms with E-state index in [-0.39, 0.29) is 23.7 Å². The molecule has 2 heterocycles. The van der Waals surface area contributed by atoms with Gasteiger partial charge < -0.3 is 10.6 Å². The number of nitrogens with one attached hydrogen (secondary N) is 2. The molecule has 1 saturated carbocycles. The van der Waals surface area contributed by atoms with Gasteiger partial charge in [0.2, 0.25) is 5.82 Å². The van der Waals surface area contributed by atoms with Gasteiger partial charge in [-0.05, 0) is 30.5 Å². The molecule has 6 nitrogen and oxygen atoms in total. The minimum absolute atomic E-state index is 0.202. The monoisotopic (exact) mass is 362 g/mol. The first kappa shape index (κ1) is 17.3. The SMILES string of the molecule is O=C(NC1CCCC1)c1nc(C(=O)NCc2ccccc2)n2ccccc12. The summed E-state index contributed by atoms with van der Waals surface area (Å²) in [6.07, 6.45) is 6.04. The number of carbonyl (C=O) groups is 2. The molecule has 2 aromatic heterocycles. The summed E-state index contributed by atoms with van der Waals surface area (Å²) in [6, 6.07) is 15.4. The summed E-state index contributed by atoms with van der Waals surface area (Å²) in [7, 11) is 0. The lowest BCUT2D eigenvalue weighted by molar-refractivity contribution is 0.0935. The van der Waals surface area contributed by atoms with Crippen LogP contribution in [-0.2, 0) is 6.54 Å². The highest BCUT2D eigenvalue weighted by molar-refractivity contribution is 6.02. The highest BCUT2D eigenvalue weighted by Gasteiger charge is 2.24. The molecule has 4 rings (SSSR count). The minimum atomic E-state index is -0.306. The van der Waals surface area contributed by atoms with E-state index in [2.05, 4.69) is 15.6 Å². The average molecular weight is 362 g/mol. The second kappa shape index (κ2) is 7.61. The molecule has 0 bridgehead atoms. The Labute approximate surface area is 157 Å². The number of carbonyl (C=O) groups excluding carboxylic acids is 2. The first-order chi connectivity index (χ1) is 13.2. The summed E-state index contributed by atoms with van der Waals surface area (Å²) in [4.78, 5) is 29.8. The van der Waals surface area contributed by atoms with Crippen LogP contribution in [0.5, 0.6) is 0 Å². The summed E-state index contributed by atoms with van der Waals surface area (Å²) >= 11 is 0. The van der Waals surface area contributed by atoms with Gasteiger partial charge in [-0.2, -0.15) is 0 Å². The fraction of sp³-hybridized carbons (Fsp3) is 0.286. The normalized spacial score (nSPS) is 14.4. The Morgan fingerprint density at radius 1 is 1.00 bits per heavy atom. The molecule has 0 spiro atoms. The molecule has 1 fully saturated rings. The summed E-state index contributed by atoms with van der Waals surface area (Å²) in [5.74, 6) is -0.300. The van der Waals surface area contributed by atoms with E-state index in [0.717, 1.165) is 31.2 Å². The highest BCUT2D eigenvalue weighted by atomic mass is 16.2. The Balaban J connectivity index is 1.57. The van der Waals surface area contributed by atoms with Crippen molar-refractivity contribution in [1.82, 2.24) is 20.0 Å². The lowest BCUT2D eigenvalue weighted by atomic mass is 10.2. The maximum atomic E-state index is 12.7. The van der Waals surface area contributed by atoms with Crippen molar-refractivity contribution < 1.29 is 9.59 Å². The van der Waals surface area contributed by atoms with Gasteiger partial charge in [0, 0.05) is 18.8 Å². The number of pyridine rings is 1. The number of nitrogens with zero attached hydrogens (tertiary/aromatic N) is 2. The minimum Gasteiger partial charge on any atom is -0.348 e. The van der Waals surface area contributed by atoms with Gasteiger partial charge in [0.25, 0.3) is 11.8 Å². The molecule has 0 radical (unpaired) electrons. The van der Waals surface area contributed by atoms with Gasteiger partial charge in [-0.15, -0.1) is 0 Å². The van der Waals surface area contributed by atoms with Crippen LogP contribution in [0.4, 0.5) is 0 Å². The first-order valence-electron chi connectivity index (χ1n) is 9.32. The molecule has 1 aliphatic rings. The van der Waals surface area contributed by atoms with E-state index in [1.54, 1.807) is 10.6 Å². The van der Waals surface area contributed by atoms with Crippen molar-refractivity contribution >= 4 is 17.3 Å². The average Bonchev–Trinajstić information content (AvgIpc) is 3.34. The predicted octanol–water partition coefficient (Wildman–Crippen LogP) is 2.94. The number of hydrogen-bond donors (Lipinski definition) is 2. The molecule has 2 amide bonds. The van der Waals surface area contributed by atoms with Crippen molar-refractivity contribution in [1.29, 1.82) is 0 Å². The molecule has 1 aromatic carbocycles. The summed E-state index contributed by atoms with van der Waals surface area (Å²) in [5, 5.41) is 5.93. The molecule has 6 heteroatoms. The molecule has 0 unspecified atom stereocenters. The third-order valence-electron chi connectivity index (χ3n) is 4.95.